The molecule has 1 rings (SSSR count). The molecular formula is C10H11BrCl2. The molecule has 72 valence electrons. The van der Waals surface area contributed by atoms with Crippen molar-refractivity contribution in [3.63, 3.8) is 0 Å². The lowest BCUT2D eigenvalue weighted by molar-refractivity contribution is 0.858. The number of rotatable bonds is 2. The number of alkyl halides is 1. The van der Waals surface area contributed by atoms with Crippen molar-refractivity contribution in [2.45, 2.75) is 25.6 Å². The minimum Gasteiger partial charge on any atom is -0.121 e. The van der Waals surface area contributed by atoms with Gasteiger partial charge in [-0.15, -0.1) is 11.6 Å². The highest BCUT2D eigenvalue weighted by atomic mass is 79.9. The molecule has 0 aliphatic heterocycles. The van der Waals surface area contributed by atoms with Gasteiger partial charge in [0.25, 0.3) is 0 Å². The number of hydrogen-bond acceptors (Lipinski definition) is 0. The van der Waals surface area contributed by atoms with Gasteiger partial charge >= 0.3 is 0 Å². The van der Waals surface area contributed by atoms with Crippen molar-refractivity contribution in [2.24, 2.45) is 0 Å². The van der Waals surface area contributed by atoms with Gasteiger partial charge in [-0.1, -0.05) is 47.4 Å². The SMILES string of the molecule is CC(C)c1cc(CCl)c(Cl)cc1Br. The van der Waals surface area contributed by atoms with Gasteiger partial charge in [-0.2, -0.15) is 0 Å². The minimum atomic E-state index is 0.464. The molecule has 0 amide bonds. The largest absolute Gasteiger partial charge is 0.121 e. The van der Waals surface area contributed by atoms with Gasteiger partial charge in [-0.05, 0) is 23.1 Å². The highest BCUT2D eigenvalue weighted by Gasteiger charge is 2.08. The molecule has 1 aromatic rings. The Labute approximate surface area is 97.4 Å². The third-order valence-corrected chi connectivity index (χ3v) is 3.26. The molecule has 0 saturated carbocycles. The summed E-state index contributed by atoms with van der Waals surface area (Å²) >= 11 is 15.2. The number of hydrogen-bond donors (Lipinski definition) is 0. The van der Waals surface area contributed by atoms with Gasteiger partial charge in [0.2, 0.25) is 0 Å². The van der Waals surface area contributed by atoms with Gasteiger partial charge in [0.05, 0.1) is 0 Å². The maximum atomic E-state index is 5.99. The maximum Gasteiger partial charge on any atom is 0.0488 e. The molecule has 1 aromatic carbocycles. The molecular weight excluding hydrogens is 271 g/mol. The van der Waals surface area contributed by atoms with E-state index in [4.69, 9.17) is 23.2 Å². The molecule has 0 N–H and O–H groups in total. The van der Waals surface area contributed by atoms with Crippen LogP contribution >= 0.6 is 39.1 Å². The Kier molecular flexibility index (Phi) is 4.08. The second-order valence-electron chi connectivity index (χ2n) is 3.25. The Morgan fingerprint density at radius 1 is 1.38 bits per heavy atom. The predicted molar refractivity (Wildman–Crippen MR) is 62.8 cm³/mol. The Bertz CT molecular complexity index is 308. The molecule has 0 atom stereocenters. The Morgan fingerprint density at radius 3 is 2.46 bits per heavy atom. The van der Waals surface area contributed by atoms with Gasteiger partial charge < -0.3 is 0 Å². The van der Waals surface area contributed by atoms with Crippen molar-refractivity contribution >= 4 is 39.1 Å². The van der Waals surface area contributed by atoms with Crippen molar-refractivity contribution in [3.8, 4) is 0 Å². The quantitative estimate of drug-likeness (QED) is 0.672. The molecule has 0 spiro atoms. The van der Waals surface area contributed by atoms with Crippen LogP contribution in [0, 0.1) is 0 Å². The summed E-state index contributed by atoms with van der Waals surface area (Å²) in [5, 5.41) is 0.728. The van der Waals surface area contributed by atoms with E-state index in [1.807, 2.05) is 6.07 Å². The number of benzene rings is 1. The zero-order chi connectivity index (χ0) is 10.0. The van der Waals surface area contributed by atoms with Crippen LogP contribution in [-0.4, -0.2) is 0 Å². The normalized spacial score (nSPS) is 10.9. The summed E-state index contributed by atoms with van der Waals surface area (Å²) in [4.78, 5) is 0. The molecule has 0 nitrogen and oxygen atoms in total. The summed E-state index contributed by atoms with van der Waals surface area (Å²) < 4.78 is 1.06. The van der Waals surface area contributed by atoms with Crippen molar-refractivity contribution in [2.75, 3.05) is 0 Å². The lowest BCUT2D eigenvalue weighted by Crippen LogP contribution is -1.92. The average molecular weight is 282 g/mol. The van der Waals surface area contributed by atoms with Crippen LogP contribution in [0.1, 0.15) is 30.9 Å². The number of halogens is 3. The molecule has 13 heavy (non-hydrogen) atoms. The summed E-state index contributed by atoms with van der Waals surface area (Å²) in [6.45, 7) is 4.29. The van der Waals surface area contributed by atoms with Crippen molar-refractivity contribution in [3.05, 3.63) is 32.8 Å². The monoisotopic (exact) mass is 280 g/mol. The Balaban J connectivity index is 3.22. The van der Waals surface area contributed by atoms with E-state index in [1.165, 1.54) is 5.56 Å². The van der Waals surface area contributed by atoms with Crippen molar-refractivity contribution in [1.82, 2.24) is 0 Å². The minimum absolute atomic E-state index is 0.464. The van der Waals surface area contributed by atoms with Gasteiger partial charge in [-0.25, -0.2) is 0 Å². The molecule has 0 radical (unpaired) electrons. The third-order valence-electron chi connectivity index (χ3n) is 1.93. The van der Waals surface area contributed by atoms with E-state index >= 15 is 0 Å². The zero-order valence-corrected chi connectivity index (χ0v) is 10.7. The van der Waals surface area contributed by atoms with Crippen molar-refractivity contribution < 1.29 is 0 Å². The molecule has 0 aliphatic carbocycles. The first-order chi connectivity index (χ1) is 6.06. The first-order valence-electron chi connectivity index (χ1n) is 4.10. The highest BCUT2D eigenvalue weighted by molar-refractivity contribution is 9.10. The average Bonchev–Trinajstić information content (AvgIpc) is 2.03. The van der Waals surface area contributed by atoms with E-state index in [9.17, 15) is 0 Å². The van der Waals surface area contributed by atoms with Crippen LogP contribution in [0.4, 0.5) is 0 Å². The fraction of sp³-hybridized carbons (Fsp3) is 0.400. The summed E-state index contributed by atoms with van der Waals surface area (Å²) in [6.07, 6.45) is 0. The molecule has 0 aromatic heterocycles. The maximum absolute atomic E-state index is 5.99. The third kappa shape index (κ3) is 2.61. The first-order valence-corrected chi connectivity index (χ1v) is 5.80. The smallest absolute Gasteiger partial charge is 0.0488 e. The Morgan fingerprint density at radius 2 is 2.00 bits per heavy atom. The lowest BCUT2D eigenvalue weighted by atomic mass is 10.0. The Hall–Kier alpha value is 0.280. The molecule has 0 aliphatic rings. The van der Waals surface area contributed by atoms with Crippen LogP contribution < -0.4 is 0 Å². The van der Waals surface area contributed by atoms with Crippen LogP contribution in [0.3, 0.4) is 0 Å². The fourth-order valence-corrected chi connectivity index (χ4v) is 2.61. The predicted octanol–water partition coefficient (Wildman–Crippen LogP) is 4.96. The summed E-state index contributed by atoms with van der Waals surface area (Å²) in [7, 11) is 0. The lowest BCUT2D eigenvalue weighted by Gasteiger charge is -2.11. The van der Waals surface area contributed by atoms with Gasteiger partial charge in [0, 0.05) is 15.4 Å². The van der Waals surface area contributed by atoms with E-state index in [0.717, 1.165) is 15.1 Å². The topological polar surface area (TPSA) is 0 Å². The van der Waals surface area contributed by atoms with Crippen LogP contribution in [0.5, 0.6) is 0 Å². The van der Waals surface area contributed by atoms with Crippen LogP contribution in [0.2, 0.25) is 5.02 Å². The van der Waals surface area contributed by atoms with E-state index in [1.54, 1.807) is 0 Å². The second kappa shape index (κ2) is 4.68. The van der Waals surface area contributed by atoms with E-state index in [2.05, 4.69) is 35.8 Å². The highest BCUT2D eigenvalue weighted by Crippen LogP contribution is 2.31. The van der Waals surface area contributed by atoms with Gasteiger partial charge in [0.15, 0.2) is 0 Å². The molecule has 0 fully saturated rings. The molecule has 0 unspecified atom stereocenters. The molecule has 0 bridgehead atoms. The van der Waals surface area contributed by atoms with E-state index < -0.39 is 0 Å². The van der Waals surface area contributed by atoms with Crippen LogP contribution in [0.25, 0.3) is 0 Å². The fourth-order valence-electron chi connectivity index (χ4n) is 1.16. The standard InChI is InChI=1S/C10H11BrCl2/c1-6(2)8-3-7(5-12)10(13)4-9(8)11/h3-4,6H,5H2,1-2H3. The van der Waals surface area contributed by atoms with Crippen LogP contribution in [0.15, 0.2) is 16.6 Å². The van der Waals surface area contributed by atoms with E-state index in [0.29, 0.717) is 11.8 Å². The van der Waals surface area contributed by atoms with Crippen molar-refractivity contribution in [1.29, 1.82) is 0 Å². The van der Waals surface area contributed by atoms with Gasteiger partial charge in [0.1, 0.15) is 0 Å². The zero-order valence-electron chi connectivity index (χ0n) is 7.57. The van der Waals surface area contributed by atoms with Crippen LogP contribution in [-0.2, 0) is 5.88 Å². The summed E-state index contributed by atoms with van der Waals surface area (Å²) in [6, 6.07) is 3.97. The summed E-state index contributed by atoms with van der Waals surface area (Å²) in [5.41, 5.74) is 2.25. The molecule has 0 saturated heterocycles. The second-order valence-corrected chi connectivity index (χ2v) is 4.78. The van der Waals surface area contributed by atoms with E-state index in [-0.39, 0.29) is 0 Å². The molecule has 3 heteroatoms. The summed E-state index contributed by atoms with van der Waals surface area (Å²) in [5.74, 6) is 0.944. The molecule has 0 heterocycles. The first kappa shape index (κ1) is 11.4. The van der Waals surface area contributed by atoms with Gasteiger partial charge in [-0.3, -0.25) is 0 Å².